The van der Waals surface area contributed by atoms with E-state index in [9.17, 15) is 9.59 Å². The third kappa shape index (κ3) is 2.67. The molecule has 1 aliphatic carbocycles. The molecule has 0 saturated heterocycles. The normalized spacial score (nSPS) is 22.7. The van der Waals surface area contributed by atoms with E-state index in [1.165, 1.54) is 18.3 Å². The van der Waals surface area contributed by atoms with Crippen LogP contribution in [-0.4, -0.2) is 22.8 Å². The van der Waals surface area contributed by atoms with Gasteiger partial charge in [0.25, 0.3) is 5.91 Å². The Morgan fingerprint density at radius 3 is 2.67 bits per heavy atom. The van der Waals surface area contributed by atoms with Crippen LogP contribution in [0.3, 0.4) is 0 Å². The molecule has 5 heteroatoms. The predicted octanol–water partition coefficient (Wildman–Crippen LogP) is 1.10. The lowest BCUT2D eigenvalue weighted by Gasteiger charge is -2.16. The number of hydrogen-bond acceptors (Lipinski definition) is 3. The van der Waals surface area contributed by atoms with E-state index in [0.29, 0.717) is 17.2 Å². The van der Waals surface area contributed by atoms with Gasteiger partial charge in [0.1, 0.15) is 5.69 Å². The van der Waals surface area contributed by atoms with Gasteiger partial charge in [0, 0.05) is 12.2 Å². The maximum Gasteiger partial charge on any atom is 0.270 e. The molecule has 2 unspecified atom stereocenters. The molecule has 1 saturated carbocycles. The molecular formula is C13H17N3O2. The molecule has 5 nitrogen and oxygen atoms in total. The Hall–Kier alpha value is -1.91. The lowest BCUT2D eigenvalue weighted by molar-refractivity contribution is 0.0922. The van der Waals surface area contributed by atoms with E-state index in [4.69, 9.17) is 5.73 Å². The summed E-state index contributed by atoms with van der Waals surface area (Å²) in [5.41, 5.74) is 5.74. The molecule has 2 rings (SSSR count). The van der Waals surface area contributed by atoms with Crippen molar-refractivity contribution in [2.75, 3.05) is 0 Å². The van der Waals surface area contributed by atoms with Crippen LogP contribution in [0.25, 0.3) is 0 Å². The molecule has 0 aromatic carbocycles. The largest absolute Gasteiger partial charge is 0.366 e. The molecule has 0 radical (unpaired) electrons. The summed E-state index contributed by atoms with van der Waals surface area (Å²) in [7, 11) is 0. The van der Waals surface area contributed by atoms with Gasteiger partial charge in [-0.3, -0.25) is 14.6 Å². The van der Waals surface area contributed by atoms with Gasteiger partial charge in [-0.25, -0.2) is 0 Å². The fraction of sp³-hybridized carbons (Fsp3) is 0.462. The van der Waals surface area contributed by atoms with Gasteiger partial charge in [-0.1, -0.05) is 13.3 Å². The average Bonchev–Trinajstić information content (AvgIpc) is 2.75. The van der Waals surface area contributed by atoms with E-state index in [2.05, 4.69) is 17.2 Å². The molecule has 0 spiro atoms. The van der Waals surface area contributed by atoms with Crippen molar-refractivity contribution in [3.8, 4) is 0 Å². The van der Waals surface area contributed by atoms with Crippen molar-refractivity contribution in [1.29, 1.82) is 0 Å². The zero-order chi connectivity index (χ0) is 13.1. The van der Waals surface area contributed by atoms with E-state index in [1.807, 2.05) is 0 Å². The highest BCUT2D eigenvalue weighted by molar-refractivity contribution is 5.95. The van der Waals surface area contributed by atoms with Crippen molar-refractivity contribution >= 4 is 11.8 Å². The fourth-order valence-electron chi connectivity index (χ4n) is 2.28. The number of pyridine rings is 1. The molecule has 3 N–H and O–H groups in total. The highest BCUT2D eigenvalue weighted by atomic mass is 16.2. The summed E-state index contributed by atoms with van der Waals surface area (Å²) in [5, 5.41) is 2.98. The highest BCUT2D eigenvalue weighted by Crippen LogP contribution is 2.24. The summed E-state index contributed by atoms with van der Waals surface area (Å²) in [6.45, 7) is 2.14. The second-order valence-corrected chi connectivity index (χ2v) is 4.78. The van der Waals surface area contributed by atoms with Crippen LogP contribution in [0, 0.1) is 5.92 Å². The number of nitrogens with two attached hydrogens (primary N) is 1. The number of amides is 2. The molecule has 1 aromatic heterocycles. The summed E-state index contributed by atoms with van der Waals surface area (Å²) in [6, 6.07) is 3.27. The zero-order valence-electron chi connectivity index (χ0n) is 10.3. The van der Waals surface area contributed by atoms with Gasteiger partial charge in [0.2, 0.25) is 5.91 Å². The van der Waals surface area contributed by atoms with Gasteiger partial charge >= 0.3 is 0 Å². The Bertz CT molecular complexity index is 456. The maximum atomic E-state index is 11.9. The van der Waals surface area contributed by atoms with Gasteiger partial charge in [0.15, 0.2) is 0 Å². The van der Waals surface area contributed by atoms with Crippen LogP contribution in [0.4, 0.5) is 0 Å². The number of carbonyl (C=O) groups is 2. The highest BCUT2D eigenvalue weighted by Gasteiger charge is 2.25. The van der Waals surface area contributed by atoms with Crippen molar-refractivity contribution in [2.45, 2.75) is 32.2 Å². The maximum absolute atomic E-state index is 11.9. The minimum atomic E-state index is -0.543. The first-order valence-corrected chi connectivity index (χ1v) is 6.14. The summed E-state index contributed by atoms with van der Waals surface area (Å²) in [4.78, 5) is 26.8. The predicted molar refractivity (Wildman–Crippen MR) is 67.0 cm³/mol. The Labute approximate surface area is 106 Å². The number of nitrogens with one attached hydrogen (secondary N) is 1. The SMILES string of the molecule is CC1CCCC1NC(=O)c1ccc(C(N)=O)cn1. The first-order valence-electron chi connectivity index (χ1n) is 6.14. The third-order valence-corrected chi connectivity index (χ3v) is 3.46. The van der Waals surface area contributed by atoms with Crippen molar-refractivity contribution in [3.05, 3.63) is 29.6 Å². The van der Waals surface area contributed by atoms with E-state index < -0.39 is 5.91 Å². The Kier molecular flexibility index (Phi) is 3.60. The molecule has 2 atom stereocenters. The van der Waals surface area contributed by atoms with Crippen LogP contribution < -0.4 is 11.1 Å². The first kappa shape index (κ1) is 12.5. The van der Waals surface area contributed by atoms with Crippen LogP contribution in [0.15, 0.2) is 18.3 Å². The fourth-order valence-corrected chi connectivity index (χ4v) is 2.28. The lowest BCUT2D eigenvalue weighted by atomic mass is 10.1. The van der Waals surface area contributed by atoms with Gasteiger partial charge in [0.05, 0.1) is 5.56 Å². The van der Waals surface area contributed by atoms with Crippen LogP contribution in [0.1, 0.15) is 47.0 Å². The van der Waals surface area contributed by atoms with Crippen molar-refractivity contribution in [1.82, 2.24) is 10.3 Å². The standard InChI is InChI=1S/C13H17N3O2/c1-8-3-2-4-10(8)16-13(18)11-6-5-9(7-15-11)12(14)17/h5-8,10H,2-4H2,1H3,(H2,14,17)(H,16,18). The topological polar surface area (TPSA) is 85.1 Å². The van der Waals surface area contributed by atoms with E-state index in [1.54, 1.807) is 0 Å². The van der Waals surface area contributed by atoms with Gasteiger partial charge in [-0.2, -0.15) is 0 Å². The molecule has 0 aliphatic heterocycles. The van der Waals surface area contributed by atoms with E-state index in [0.717, 1.165) is 19.3 Å². The van der Waals surface area contributed by atoms with E-state index in [-0.39, 0.29) is 11.9 Å². The third-order valence-electron chi connectivity index (χ3n) is 3.46. The Balaban J connectivity index is 2.02. The number of primary amides is 1. The van der Waals surface area contributed by atoms with Crippen LogP contribution >= 0.6 is 0 Å². The minimum absolute atomic E-state index is 0.190. The molecule has 1 aliphatic rings. The molecule has 96 valence electrons. The van der Waals surface area contributed by atoms with Crippen molar-refractivity contribution in [3.63, 3.8) is 0 Å². The second-order valence-electron chi connectivity index (χ2n) is 4.78. The molecule has 2 amide bonds. The van der Waals surface area contributed by atoms with Crippen LogP contribution in [0.2, 0.25) is 0 Å². The number of hydrogen-bond donors (Lipinski definition) is 2. The van der Waals surface area contributed by atoms with Gasteiger partial charge in [-0.15, -0.1) is 0 Å². The smallest absolute Gasteiger partial charge is 0.270 e. The number of nitrogens with zero attached hydrogens (tertiary/aromatic N) is 1. The quantitative estimate of drug-likeness (QED) is 0.838. The summed E-state index contributed by atoms with van der Waals surface area (Å²) in [6.07, 6.45) is 4.65. The zero-order valence-corrected chi connectivity index (χ0v) is 10.3. The molecule has 18 heavy (non-hydrogen) atoms. The Morgan fingerprint density at radius 1 is 1.39 bits per heavy atom. The second kappa shape index (κ2) is 5.16. The number of rotatable bonds is 3. The van der Waals surface area contributed by atoms with Gasteiger partial charge < -0.3 is 11.1 Å². The van der Waals surface area contributed by atoms with E-state index >= 15 is 0 Å². The molecule has 0 bridgehead atoms. The summed E-state index contributed by atoms with van der Waals surface area (Å²) in [5.74, 6) is -0.220. The van der Waals surface area contributed by atoms with Crippen LogP contribution in [-0.2, 0) is 0 Å². The first-order chi connectivity index (χ1) is 8.58. The lowest BCUT2D eigenvalue weighted by Crippen LogP contribution is -2.36. The number of aromatic nitrogens is 1. The summed E-state index contributed by atoms with van der Waals surface area (Å²) >= 11 is 0. The Morgan fingerprint density at radius 2 is 2.17 bits per heavy atom. The molecule has 1 heterocycles. The van der Waals surface area contributed by atoms with Crippen molar-refractivity contribution < 1.29 is 9.59 Å². The monoisotopic (exact) mass is 247 g/mol. The molecule has 1 aromatic rings. The van der Waals surface area contributed by atoms with Crippen molar-refractivity contribution in [2.24, 2.45) is 11.7 Å². The molecule has 1 fully saturated rings. The van der Waals surface area contributed by atoms with Crippen LogP contribution in [0.5, 0.6) is 0 Å². The number of carbonyl (C=O) groups excluding carboxylic acids is 2. The minimum Gasteiger partial charge on any atom is -0.366 e. The molecular weight excluding hydrogens is 230 g/mol. The summed E-state index contributed by atoms with van der Waals surface area (Å²) < 4.78 is 0. The van der Waals surface area contributed by atoms with Gasteiger partial charge in [-0.05, 0) is 30.9 Å². The average molecular weight is 247 g/mol.